The molecule has 26 heavy (non-hydrogen) atoms. The molecule has 0 unspecified atom stereocenters. The number of tetrazole rings is 1. The summed E-state index contributed by atoms with van der Waals surface area (Å²) in [5.74, 6) is 0.479. The lowest BCUT2D eigenvalue weighted by molar-refractivity contribution is -0.131. The largest absolute Gasteiger partial charge is 0.340 e. The molecule has 0 N–H and O–H groups in total. The Hall–Kier alpha value is -3.02. The molecule has 0 radical (unpaired) electrons. The van der Waals surface area contributed by atoms with Crippen molar-refractivity contribution in [3.63, 3.8) is 0 Å². The van der Waals surface area contributed by atoms with E-state index in [-0.39, 0.29) is 12.5 Å². The molecule has 0 saturated heterocycles. The number of hydrogen-bond donors (Lipinski definition) is 0. The van der Waals surface area contributed by atoms with Gasteiger partial charge in [0.15, 0.2) is 0 Å². The zero-order chi connectivity index (χ0) is 18.5. The van der Waals surface area contributed by atoms with Gasteiger partial charge in [-0.3, -0.25) is 4.79 Å². The summed E-state index contributed by atoms with van der Waals surface area (Å²) in [6.45, 7) is 4.75. The van der Waals surface area contributed by atoms with Crippen molar-refractivity contribution in [3.8, 4) is 11.4 Å². The maximum absolute atomic E-state index is 12.4. The Morgan fingerprint density at radius 1 is 1.08 bits per heavy atom. The molecule has 0 spiro atoms. The number of amides is 1. The molecule has 1 heterocycles. The van der Waals surface area contributed by atoms with Crippen molar-refractivity contribution < 1.29 is 4.79 Å². The van der Waals surface area contributed by atoms with E-state index < -0.39 is 0 Å². The third-order valence-electron chi connectivity index (χ3n) is 4.39. The van der Waals surface area contributed by atoms with Crippen molar-refractivity contribution in [1.29, 1.82) is 0 Å². The molecule has 1 aromatic heterocycles. The third kappa shape index (κ3) is 4.14. The Balaban J connectivity index is 1.63. The highest BCUT2D eigenvalue weighted by molar-refractivity contribution is 5.75. The zero-order valence-electron chi connectivity index (χ0n) is 15.4. The molecule has 6 heteroatoms. The number of carbonyl (C=O) groups is 1. The van der Waals surface area contributed by atoms with Crippen LogP contribution in [0.25, 0.3) is 11.4 Å². The maximum Gasteiger partial charge on any atom is 0.246 e. The van der Waals surface area contributed by atoms with Crippen LogP contribution in [0.3, 0.4) is 0 Å². The molecule has 0 fully saturated rings. The van der Waals surface area contributed by atoms with Crippen molar-refractivity contribution >= 4 is 5.91 Å². The Morgan fingerprint density at radius 3 is 2.46 bits per heavy atom. The minimum Gasteiger partial charge on any atom is -0.340 e. The second-order valence-electron chi connectivity index (χ2n) is 6.38. The van der Waals surface area contributed by atoms with Crippen LogP contribution in [-0.4, -0.2) is 38.1 Å². The van der Waals surface area contributed by atoms with Gasteiger partial charge < -0.3 is 4.90 Å². The summed E-state index contributed by atoms with van der Waals surface area (Å²) in [4.78, 5) is 15.5. The molecule has 0 aliphatic rings. The van der Waals surface area contributed by atoms with E-state index in [9.17, 15) is 4.79 Å². The van der Waals surface area contributed by atoms with Gasteiger partial charge in [0.1, 0.15) is 6.54 Å². The van der Waals surface area contributed by atoms with Gasteiger partial charge in [0.05, 0.1) is 0 Å². The maximum atomic E-state index is 12.4. The molecule has 2 aromatic carbocycles. The molecule has 0 aliphatic heterocycles. The molecular formula is C20H23N5O. The molecule has 3 rings (SSSR count). The molecule has 0 saturated carbocycles. The highest BCUT2D eigenvalue weighted by atomic mass is 16.2. The lowest BCUT2D eigenvalue weighted by atomic mass is 10.1. The van der Waals surface area contributed by atoms with Gasteiger partial charge in [-0.15, -0.1) is 10.2 Å². The van der Waals surface area contributed by atoms with Gasteiger partial charge >= 0.3 is 0 Å². The fourth-order valence-corrected chi connectivity index (χ4v) is 2.73. The van der Waals surface area contributed by atoms with Gasteiger partial charge in [0, 0.05) is 19.2 Å². The molecule has 0 bridgehead atoms. The first-order valence-electron chi connectivity index (χ1n) is 8.72. The van der Waals surface area contributed by atoms with Crippen molar-refractivity contribution in [2.45, 2.75) is 33.4 Å². The number of aromatic nitrogens is 4. The Morgan fingerprint density at radius 2 is 1.77 bits per heavy atom. The number of nitrogens with zero attached hydrogens (tertiary/aromatic N) is 5. The molecule has 0 aliphatic carbocycles. The third-order valence-corrected chi connectivity index (χ3v) is 4.39. The van der Waals surface area contributed by atoms with Crippen LogP contribution in [0.5, 0.6) is 0 Å². The highest BCUT2D eigenvalue weighted by Crippen LogP contribution is 2.17. The number of rotatable bonds is 6. The van der Waals surface area contributed by atoms with Gasteiger partial charge in [-0.05, 0) is 35.2 Å². The van der Waals surface area contributed by atoms with Gasteiger partial charge in [0.2, 0.25) is 11.7 Å². The smallest absolute Gasteiger partial charge is 0.246 e. The Labute approximate surface area is 153 Å². The Bertz CT molecular complexity index is 885. The zero-order valence-corrected chi connectivity index (χ0v) is 15.4. The van der Waals surface area contributed by atoms with E-state index in [1.165, 1.54) is 10.4 Å². The van der Waals surface area contributed by atoms with Crippen LogP contribution in [0, 0.1) is 6.92 Å². The average Bonchev–Trinajstić information content (AvgIpc) is 3.11. The van der Waals surface area contributed by atoms with E-state index in [0.717, 1.165) is 23.1 Å². The summed E-state index contributed by atoms with van der Waals surface area (Å²) in [6.07, 6.45) is 1.01. The van der Waals surface area contributed by atoms with Crippen LogP contribution in [0.1, 0.15) is 23.6 Å². The summed E-state index contributed by atoms with van der Waals surface area (Å²) < 4.78 is 0. The summed E-state index contributed by atoms with van der Waals surface area (Å²) in [6, 6.07) is 16.2. The van der Waals surface area contributed by atoms with Crippen molar-refractivity contribution in [2.24, 2.45) is 0 Å². The van der Waals surface area contributed by atoms with Crippen molar-refractivity contribution in [2.75, 3.05) is 7.05 Å². The molecule has 1 amide bonds. The first-order chi connectivity index (χ1) is 12.6. The molecular weight excluding hydrogens is 326 g/mol. The predicted octanol–water partition coefficient (Wildman–Crippen LogP) is 2.87. The highest BCUT2D eigenvalue weighted by Gasteiger charge is 2.14. The van der Waals surface area contributed by atoms with E-state index in [1.54, 1.807) is 11.9 Å². The fraction of sp³-hybridized carbons (Fsp3) is 0.300. The van der Waals surface area contributed by atoms with Crippen LogP contribution in [0.4, 0.5) is 0 Å². The number of likely N-dealkylation sites (N-methyl/N-ethyl adjacent to an activating group) is 1. The van der Waals surface area contributed by atoms with E-state index >= 15 is 0 Å². The summed E-state index contributed by atoms with van der Waals surface area (Å²) in [7, 11) is 1.79. The molecule has 3 aromatic rings. The molecule has 0 atom stereocenters. The SMILES string of the molecule is CCc1ccc(CN(C)C(=O)Cn2nnc(-c3ccccc3C)n2)cc1. The lowest BCUT2D eigenvalue weighted by Crippen LogP contribution is -2.30. The first kappa shape index (κ1) is 17.8. The minimum atomic E-state index is -0.0571. The second-order valence-corrected chi connectivity index (χ2v) is 6.38. The first-order valence-corrected chi connectivity index (χ1v) is 8.72. The fourth-order valence-electron chi connectivity index (χ4n) is 2.73. The van der Waals surface area contributed by atoms with Gasteiger partial charge in [-0.1, -0.05) is 55.5 Å². The predicted molar refractivity (Wildman–Crippen MR) is 100 cm³/mol. The van der Waals surface area contributed by atoms with Gasteiger partial charge in [-0.25, -0.2) is 0 Å². The van der Waals surface area contributed by atoms with Gasteiger partial charge in [0.25, 0.3) is 0 Å². The van der Waals surface area contributed by atoms with E-state index in [2.05, 4.69) is 46.6 Å². The van der Waals surface area contributed by atoms with Crippen molar-refractivity contribution in [1.82, 2.24) is 25.1 Å². The topological polar surface area (TPSA) is 63.9 Å². The standard InChI is InChI=1S/C20H23N5O/c1-4-16-9-11-17(12-10-16)13-24(3)19(26)14-25-22-20(21-23-25)18-8-6-5-7-15(18)2/h5-12H,4,13-14H2,1-3H3. The van der Waals surface area contributed by atoms with E-state index in [0.29, 0.717) is 12.4 Å². The quantitative estimate of drug-likeness (QED) is 0.686. The minimum absolute atomic E-state index is 0.0571. The van der Waals surface area contributed by atoms with Crippen LogP contribution < -0.4 is 0 Å². The van der Waals surface area contributed by atoms with Crippen LogP contribution in [-0.2, 0) is 24.3 Å². The number of hydrogen-bond acceptors (Lipinski definition) is 4. The van der Waals surface area contributed by atoms with Crippen molar-refractivity contribution in [3.05, 3.63) is 65.2 Å². The second kappa shape index (κ2) is 7.91. The molecule has 6 nitrogen and oxygen atoms in total. The van der Waals surface area contributed by atoms with E-state index in [1.807, 2.05) is 31.2 Å². The Kier molecular flexibility index (Phi) is 5.41. The van der Waals surface area contributed by atoms with E-state index in [4.69, 9.17) is 0 Å². The summed E-state index contributed by atoms with van der Waals surface area (Å²) in [5.41, 5.74) is 4.39. The summed E-state index contributed by atoms with van der Waals surface area (Å²) in [5, 5.41) is 12.4. The number of benzene rings is 2. The summed E-state index contributed by atoms with van der Waals surface area (Å²) >= 11 is 0. The average molecular weight is 349 g/mol. The normalized spacial score (nSPS) is 10.7. The lowest BCUT2D eigenvalue weighted by Gasteiger charge is -2.17. The van der Waals surface area contributed by atoms with Crippen LogP contribution >= 0.6 is 0 Å². The number of carbonyl (C=O) groups excluding carboxylic acids is 1. The number of aryl methyl sites for hydroxylation is 2. The van der Waals surface area contributed by atoms with Crippen LogP contribution in [0.2, 0.25) is 0 Å². The monoisotopic (exact) mass is 349 g/mol. The van der Waals surface area contributed by atoms with Crippen LogP contribution in [0.15, 0.2) is 48.5 Å². The molecule has 134 valence electrons. The van der Waals surface area contributed by atoms with Gasteiger partial charge in [-0.2, -0.15) is 4.80 Å².